The molecule has 0 aliphatic rings. The van der Waals surface area contributed by atoms with Gasteiger partial charge in [-0.05, 0) is 48.2 Å². The number of hydrogen-bond acceptors (Lipinski definition) is 1. The van der Waals surface area contributed by atoms with E-state index in [4.69, 9.17) is 11.6 Å². The summed E-state index contributed by atoms with van der Waals surface area (Å²) in [5.74, 6) is -0.845. The highest BCUT2D eigenvalue weighted by Gasteiger charge is 2.17. The number of fused-ring (bicyclic) bond motifs is 1. The summed E-state index contributed by atoms with van der Waals surface area (Å²) in [5.41, 5.74) is 5.83. The second-order valence-electron chi connectivity index (χ2n) is 5.49. The fourth-order valence-electron chi connectivity index (χ4n) is 2.79. The third-order valence-electron chi connectivity index (χ3n) is 4.05. The van der Waals surface area contributed by atoms with E-state index in [1.807, 2.05) is 44.2 Å². The van der Waals surface area contributed by atoms with Crippen molar-refractivity contribution >= 4 is 28.5 Å². The molecule has 0 aliphatic heterocycles. The molecule has 0 radical (unpaired) electrons. The van der Waals surface area contributed by atoms with Gasteiger partial charge in [0.1, 0.15) is 0 Å². The summed E-state index contributed by atoms with van der Waals surface area (Å²) in [6, 6.07) is 11.5. The van der Waals surface area contributed by atoms with Crippen LogP contribution in [0.4, 0.5) is 0 Å². The number of aromatic amines is 1. The van der Waals surface area contributed by atoms with Crippen molar-refractivity contribution in [2.24, 2.45) is 0 Å². The summed E-state index contributed by atoms with van der Waals surface area (Å²) in [6.45, 7) is 4.09. The Hall–Kier alpha value is -2.26. The average molecular weight is 314 g/mol. The number of carboxylic acids is 1. The van der Waals surface area contributed by atoms with Crippen LogP contribution in [0.3, 0.4) is 0 Å². The van der Waals surface area contributed by atoms with Crippen LogP contribution in [0.5, 0.6) is 0 Å². The van der Waals surface area contributed by atoms with Crippen LogP contribution in [0, 0.1) is 13.8 Å². The van der Waals surface area contributed by atoms with Crippen LogP contribution in [-0.2, 0) is 11.2 Å². The maximum absolute atomic E-state index is 11.3. The van der Waals surface area contributed by atoms with Crippen molar-refractivity contribution in [1.82, 2.24) is 4.98 Å². The van der Waals surface area contributed by atoms with Gasteiger partial charge in [-0.15, -0.1) is 0 Å². The summed E-state index contributed by atoms with van der Waals surface area (Å²) in [6.07, 6.45) is -0.0235. The molecule has 3 aromatic rings. The Bertz CT molecular complexity index is 880. The number of nitrogens with one attached hydrogen (secondary N) is 1. The SMILES string of the molecule is Cc1ccc2c(CC(=O)O)c(-c3cccc(Cl)c3)[nH]c2c1C. The molecule has 3 rings (SSSR count). The molecule has 112 valence electrons. The molecule has 0 bridgehead atoms. The van der Waals surface area contributed by atoms with Gasteiger partial charge in [0.2, 0.25) is 0 Å². The molecule has 3 nitrogen and oxygen atoms in total. The van der Waals surface area contributed by atoms with E-state index in [0.29, 0.717) is 5.02 Å². The van der Waals surface area contributed by atoms with Crippen molar-refractivity contribution in [3.05, 3.63) is 58.1 Å². The lowest BCUT2D eigenvalue weighted by Crippen LogP contribution is -2.01. The van der Waals surface area contributed by atoms with Crippen LogP contribution in [0.25, 0.3) is 22.2 Å². The molecule has 0 atom stereocenters. The largest absolute Gasteiger partial charge is 0.481 e. The molecular formula is C18H16ClNO2. The molecule has 0 amide bonds. The minimum absolute atomic E-state index is 0.0235. The zero-order chi connectivity index (χ0) is 15.9. The third-order valence-corrected chi connectivity index (χ3v) is 4.29. The first kappa shape index (κ1) is 14.7. The molecule has 1 aromatic heterocycles. The van der Waals surface area contributed by atoms with Crippen molar-refractivity contribution in [1.29, 1.82) is 0 Å². The molecule has 0 spiro atoms. The smallest absolute Gasteiger partial charge is 0.307 e. The highest BCUT2D eigenvalue weighted by molar-refractivity contribution is 6.30. The molecule has 0 saturated carbocycles. The van der Waals surface area contributed by atoms with Gasteiger partial charge in [0.15, 0.2) is 0 Å². The number of carbonyl (C=O) groups is 1. The standard InChI is InChI=1S/C18H16ClNO2/c1-10-6-7-14-15(9-16(21)22)18(20-17(14)11(10)2)12-4-3-5-13(19)8-12/h3-8,20H,9H2,1-2H3,(H,21,22). The molecule has 0 unspecified atom stereocenters. The maximum Gasteiger partial charge on any atom is 0.307 e. The van der Waals surface area contributed by atoms with Gasteiger partial charge in [-0.3, -0.25) is 4.79 Å². The molecule has 1 heterocycles. The number of aliphatic carboxylic acids is 1. The Balaban J connectivity index is 2.33. The molecule has 0 saturated heterocycles. The number of aryl methyl sites for hydroxylation is 2. The molecule has 0 aliphatic carbocycles. The Labute approximate surface area is 133 Å². The molecule has 4 heteroatoms. The van der Waals surface area contributed by atoms with Crippen molar-refractivity contribution in [3.63, 3.8) is 0 Å². The van der Waals surface area contributed by atoms with Crippen LogP contribution < -0.4 is 0 Å². The minimum Gasteiger partial charge on any atom is -0.481 e. The van der Waals surface area contributed by atoms with Crippen molar-refractivity contribution < 1.29 is 9.90 Å². The van der Waals surface area contributed by atoms with Crippen LogP contribution in [0.1, 0.15) is 16.7 Å². The number of hydrogen-bond donors (Lipinski definition) is 2. The van der Waals surface area contributed by atoms with E-state index in [-0.39, 0.29) is 6.42 Å². The Morgan fingerprint density at radius 2 is 2.00 bits per heavy atom. The first-order valence-electron chi connectivity index (χ1n) is 7.06. The van der Waals surface area contributed by atoms with Crippen molar-refractivity contribution in [2.75, 3.05) is 0 Å². The van der Waals surface area contributed by atoms with E-state index in [1.165, 1.54) is 5.56 Å². The first-order chi connectivity index (χ1) is 10.5. The lowest BCUT2D eigenvalue weighted by Gasteiger charge is -2.03. The van der Waals surface area contributed by atoms with Gasteiger partial charge in [0, 0.05) is 15.9 Å². The van der Waals surface area contributed by atoms with E-state index in [2.05, 4.69) is 4.98 Å². The highest BCUT2D eigenvalue weighted by Crippen LogP contribution is 2.34. The van der Waals surface area contributed by atoms with Gasteiger partial charge in [-0.1, -0.05) is 35.9 Å². The van der Waals surface area contributed by atoms with Gasteiger partial charge in [0.25, 0.3) is 0 Å². The predicted molar refractivity (Wildman–Crippen MR) is 89.6 cm³/mol. The monoisotopic (exact) mass is 313 g/mol. The number of aromatic nitrogens is 1. The van der Waals surface area contributed by atoms with E-state index in [1.54, 1.807) is 6.07 Å². The van der Waals surface area contributed by atoms with Crippen molar-refractivity contribution in [3.8, 4) is 11.3 Å². The summed E-state index contributed by atoms with van der Waals surface area (Å²) in [4.78, 5) is 14.7. The minimum atomic E-state index is -0.845. The fraction of sp³-hybridized carbons (Fsp3) is 0.167. The van der Waals surface area contributed by atoms with Crippen molar-refractivity contribution in [2.45, 2.75) is 20.3 Å². The third kappa shape index (κ3) is 2.48. The average Bonchev–Trinajstić information content (AvgIpc) is 2.82. The van der Waals surface area contributed by atoms with Crippen LogP contribution >= 0.6 is 11.6 Å². The molecular weight excluding hydrogens is 298 g/mol. The molecule has 0 fully saturated rings. The van der Waals surface area contributed by atoms with E-state index in [0.717, 1.165) is 33.3 Å². The lowest BCUT2D eigenvalue weighted by molar-refractivity contribution is -0.136. The summed E-state index contributed by atoms with van der Waals surface area (Å²) >= 11 is 6.08. The number of benzene rings is 2. The van der Waals surface area contributed by atoms with E-state index >= 15 is 0 Å². The predicted octanol–water partition coefficient (Wildman–Crippen LogP) is 4.73. The summed E-state index contributed by atoms with van der Waals surface area (Å²) in [5, 5.41) is 10.8. The van der Waals surface area contributed by atoms with Gasteiger partial charge in [-0.2, -0.15) is 0 Å². The Morgan fingerprint density at radius 1 is 1.23 bits per heavy atom. The van der Waals surface area contributed by atoms with Crippen LogP contribution in [0.15, 0.2) is 36.4 Å². The van der Waals surface area contributed by atoms with E-state index < -0.39 is 5.97 Å². The first-order valence-corrected chi connectivity index (χ1v) is 7.43. The van der Waals surface area contributed by atoms with E-state index in [9.17, 15) is 9.90 Å². The normalized spacial score (nSPS) is 11.0. The Morgan fingerprint density at radius 3 is 2.68 bits per heavy atom. The fourth-order valence-corrected chi connectivity index (χ4v) is 2.98. The van der Waals surface area contributed by atoms with Gasteiger partial charge < -0.3 is 10.1 Å². The maximum atomic E-state index is 11.3. The number of halogens is 1. The lowest BCUT2D eigenvalue weighted by atomic mass is 10.0. The molecule has 2 aromatic carbocycles. The highest BCUT2D eigenvalue weighted by atomic mass is 35.5. The quantitative estimate of drug-likeness (QED) is 0.734. The molecule has 2 N–H and O–H groups in total. The number of carboxylic acid groups (broad SMARTS) is 1. The van der Waals surface area contributed by atoms with Gasteiger partial charge >= 0.3 is 5.97 Å². The van der Waals surface area contributed by atoms with Crippen LogP contribution in [-0.4, -0.2) is 16.1 Å². The zero-order valence-corrected chi connectivity index (χ0v) is 13.2. The topological polar surface area (TPSA) is 53.1 Å². The second kappa shape index (κ2) is 5.50. The zero-order valence-electron chi connectivity index (χ0n) is 12.4. The second-order valence-corrected chi connectivity index (χ2v) is 5.93. The van der Waals surface area contributed by atoms with Gasteiger partial charge in [0.05, 0.1) is 12.1 Å². The van der Waals surface area contributed by atoms with Crippen LogP contribution in [0.2, 0.25) is 5.02 Å². The summed E-state index contributed by atoms with van der Waals surface area (Å²) < 4.78 is 0. The number of H-pyrrole nitrogens is 1. The summed E-state index contributed by atoms with van der Waals surface area (Å²) in [7, 11) is 0. The molecule has 22 heavy (non-hydrogen) atoms. The van der Waals surface area contributed by atoms with Gasteiger partial charge in [-0.25, -0.2) is 0 Å². The number of rotatable bonds is 3. The Kier molecular flexibility index (Phi) is 3.67.